The van der Waals surface area contributed by atoms with Crippen LogP contribution in [0.3, 0.4) is 0 Å². The summed E-state index contributed by atoms with van der Waals surface area (Å²) in [6.07, 6.45) is 2.27. The van der Waals surface area contributed by atoms with Gasteiger partial charge in [-0.3, -0.25) is 14.3 Å². The van der Waals surface area contributed by atoms with Crippen LogP contribution in [-0.2, 0) is 17.9 Å². The van der Waals surface area contributed by atoms with E-state index in [2.05, 4.69) is 6.07 Å². The van der Waals surface area contributed by atoms with Crippen molar-refractivity contribution in [3.63, 3.8) is 0 Å². The number of methoxy groups -OCH3 is 1. The molecule has 0 N–H and O–H groups in total. The Labute approximate surface area is 193 Å². The predicted octanol–water partition coefficient (Wildman–Crippen LogP) is 4.04. The maximum Gasteiger partial charge on any atom is 0.254 e. The molecule has 5 rings (SSSR count). The molecule has 0 atom stereocenters. The number of carbonyl (C=O) groups is 2. The lowest BCUT2D eigenvalue weighted by molar-refractivity contribution is -0.117. The SMILES string of the molecule is COc1cccc(-c2cc3n(n2)CCCN(C(=O)c2ccc(C)c(N4CCCC4=O)c2)C3)c1. The molecule has 1 saturated heterocycles. The first-order valence-corrected chi connectivity index (χ1v) is 11.4. The molecule has 2 aliphatic heterocycles. The average molecular weight is 445 g/mol. The highest BCUT2D eigenvalue weighted by Crippen LogP contribution is 2.28. The topological polar surface area (TPSA) is 67.7 Å². The molecule has 2 aliphatic rings. The molecule has 0 spiro atoms. The summed E-state index contributed by atoms with van der Waals surface area (Å²) in [6, 6.07) is 15.6. The number of amides is 2. The van der Waals surface area contributed by atoms with E-state index in [0.29, 0.717) is 31.6 Å². The van der Waals surface area contributed by atoms with Crippen LogP contribution < -0.4 is 9.64 Å². The third kappa shape index (κ3) is 4.11. The van der Waals surface area contributed by atoms with Crippen LogP contribution >= 0.6 is 0 Å². The van der Waals surface area contributed by atoms with Crippen LogP contribution in [0.2, 0.25) is 0 Å². The van der Waals surface area contributed by atoms with Gasteiger partial charge in [-0.25, -0.2) is 0 Å². The second-order valence-electron chi connectivity index (χ2n) is 8.71. The van der Waals surface area contributed by atoms with E-state index < -0.39 is 0 Å². The normalized spacial score (nSPS) is 16.0. The summed E-state index contributed by atoms with van der Waals surface area (Å²) in [5.74, 6) is 0.908. The molecule has 3 aromatic rings. The number of aromatic nitrogens is 2. The van der Waals surface area contributed by atoms with Gasteiger partial charge in [0.15, 0.2) is 0 Å². The molecule has 1 aromatic heterocycles. The molecule has 2 aromatic carbocycles. The lowest BCUT2D eigenvalue weighted by Crippen LogP contribution is -2.31. The Morgan fingerprint density at radius 1 is 1.03 bits per heavy atom. The van der Waals surface area contributed by atoms with Crippen molar-refractivity contribution in [3.8, 4) is 17.0 Å². The first-order valence-electron chi connectivity index (χ1n) is 11.4. The van der Waals surface area contributed by atoms with Gasteiger partial charge in [-0.2, -0.15) is 5.10 Å². The second-order valence-corrected chi connectivity index (χ2v) is 8.71. The van der Waals surface area contributed by atoms with Crippen molar-refractivity contribution < 1.29 is 14.3 Å². The highest BCUT2D eigenvalue weighted by atomic mass is 16.5. The molecule has 1 fully saturated rings. The van der Waals surface area contributed by atoms with Crippen molar-refractivity contribution in [3.05, 3.63) is 65.4 Å². The first kappa shape index (κ1) is 21.2. The van der Waals surface area contributed by atoms with Gasteiger partial charge < -0.3 is 14.5 Å². The van der Waals surface area contributed by atoms with E-state index in [9.17, 15) is 9.59 Å². The van der Waals surface area contributed by atoms with Crippen molar-refractivity contribution in [1.29, 1.82) is 0 Å². The molecule has 170 valence electrons. The van der Waals surface area contributed by atoms with Crippen molar-refractivity contribution in [2.24, 2.45) is 0 Å². The fourth-order valence-electron chi connectivity index (χ4n) is 4.68. The Hall–Kier alpha value is -3.61. The number of benzene rings is 2. The predicted molar refractivity (Wildman–Crippen MR) is 126 cm³/mol. The van der Waals surface area contributed by atoms with Gasteiger partial charge in [-0.1, -0.05) is 18.2 Å². The molecule has 33 heavy (non-hydrogen) atoms. The maximum absolute atomic E-state index is 13.5. The number of hydrogen-bond donors (Lipinski definition) is 0. The highest BCUT2D eigenvalue weighted by molar-refractivity contribution is 5.99. The van der Waals surface area contributed by atoms with Gasteiger partial charge >= 0.3 is 0 Å². The van der Waals surface area contributed by atoms with Crippen LogP contribution in [0.1, 0.15) is 40.9 Å². The zero-order chi connectivity index (χ0) is 22.9. The number of aryl methyl sites for hydroxylation is 2. The molecule has 0 bridgehead atoms. The lowest BCUT2D eigenvalue weighted by atomic mass is 10.1. The van der Waals surface area contributed by atoms with Crippen molar-refractivity contribution in [1.82, 2.24) is 14.7 Å². The molecule has 0 aliphatic carbocycles. The average Bonchev–Trinajstić information content (AvgIpc) is 3.39. The van der Waals surface area contributed by atoms with E-state index in [1.54, 1.807) is 7.11 Å². The molecular formula is C26H28N4O3. The second kappa shape index (κ2) is 8.73. The van der Waals surface area contributed by atoms with Crippen LogP contribution in [0.4, 0.5) is 5.69 Å². The summed E-state index contributed by atoms with van der Waals surface area (Å²) >= 11 is 0. The smallest absolute Gasteiger partial charge is 0.254 e. The number of hydrogen-bond acceptors (Lipinski definition) is 4. The minimum Gasteiger partial charge on any atom is -0.497 e. The van der Waals surface area contributed by atoms with Crippen LogP contribution in [0, 0.1) is 6.92 Å². The maximum atomic E-state index is 13.5. The summed E-state index contributed by atoms with van der Waals surface area (Å²) in [4.78, 5) is 29.4. The van der Waals surface area contributed by atoms with Gasteiger partial charge in [0.05, 0.1) is 25.0 Å². The van der Waals surface area contributed by atoms with E-state index in [4.69, 9.17) is 9.84 Å². The third-order valence-corrected chi connectivity index (χ3v) is 6.49. The van der Waals surface area contributed by atoms with E-state index in [-0.39, 0.29) is 11.8 Å². The summed E-state index contributed by atoms with van der Waals surface area (Å²) in [5, 5.41) is 4.79. The summed E-state index contributed by atoms with van der Waals surface area (Å²) in [5.41, 5.74) is 5.37. The minimum atomic E-state index is -0.0134. The van der Waals surface area contributed by atoms with Crippen LogP contribution in [0.15, 0.2) is 48.5 Å². The monoisotopic (exact) mass is 444 g/mol. The highest BCUT2D eigenvalue weighted by Gasteiger charge is 2.26. The van der Waals surface area contributed by atoms with Gasteiger partial charge in [0, 0.05) is 42.9 Å². The summed E-state index contributed by atoms with van der Waals surface area (Å²) < 4.78 is 7.35. The molecule has 0 saturated carbocycles. The Balaban J connectivity index is 1.40. The zero-order valence-electron chi connectivity index (χ0n) is 19.1. The van der Waals surface area contributed by atoms with Gasteiger partial charge in [0.25, 0.3) is 5.91 Å². The lowest BCUT2D eigenvalue weighted by Gasteiger charge is -2.23. The standard InChI is InChI=1S/C26H28N4O3/c1-18-9-10-20(15-24(18)29-12-4-8-25(29)31)26(32)28-11-5-13-30-21(17-28)16-23(27-30)19-6-3-7-22(14-19)33-2/h3,6-7,9-10,14-16H,4-5,8,11-13,17H2,1-2H3. The van der Waals surface area contributed by atoms with Crippen molar-refractivity contribution in [2.45, 2.75) is 39.3 Å². The largest absolute Gasteiger partial charge is 0.497 e. The van der Waals surface area contributed by atoms with E-state index in [1.807, 2.05) is 63.9 Å². The summed E-state index contributed by atoms with van der Waals surface area (Å²) in [7, 11) is 1.65. The fraction of sp³-hybridized carbons (Fsp3) is 0.346. The number of anilines is 1. The van der Waals surface area contributed by atoms with Crippen LogP contribution in [0.25, 0.3) is 11.3 Å². The van der Waals surface area contributed by atoms with Gasteiger partial charge in [0.2, 0.25) is 5.91 Å². The molecule has 7 heteroatoms. The summed E-state index contributed by atoms with van der Waals surface area (Å²) in [6.45, 7) is 4.64. The van der Waals surface area contributed by atoms with Gasteiger partial charge in [-0.15, -0.1) is 0 Å². The number of fused-ring (bicyclic) bond motifs is 1. The Bertz CT molecular complexity index is 1220. The molecule has 2 amide bonds. The molecule has 0 radical (unpaired) electrons. The number of carbonyl (C=O) groups excluding carboxylic acids is 2. The first-order chi connectivity index (χ1) is 16.0. The third-order valence-electron chi connectivity index (χ3n) is 6.49. The molecule has 7 nitrogen and oxygen atoms in total. The quantitative estimate of drug-likeness (QED) is 0.609. The van der Waals surface area contributed by atoms with E-state index >= 15 is 0 Å². The van der Waals surface area contributed by atoms with E-state index in [1.165, 1.54) is 0 Å². The molecule has 3 heterocycles. The Morgan fingerprint density at radius 3 is 2.70 bits per heavy atom. The Morgan fingerprint density at radius 2 is 1.91 bits per heavy atom. The van der Waals surface area contributed by atoms with Crippen LogP contribution in [-0.4, -0.2) is 46.7 Å². The van der Waals surface area contributed by atoms with Crippen LogP contribution in [0.5, 0.6) is 5.75 Å². The molecule has 0 unspecified atom stereocenters. The fourth-order valence-corrected chi connectivity index (χ4v) is 4.68. The number of rotatable bonds is 4. The Kier molecular flexibility index (Phi) is 5.62. The zero-order valence-corrected chi connectivity index (χ0v) is 19.1. The molecular weight excluding hydrogens is 416 g/mol. The van der Waals surface area contributed by atoms with Gasteiger partial charge in [0.1, 0.15) is 5.75 Å². The number of nitrogens with zero attached hydrogens (tertiary/aromatic N) is 4. The number of ether oxygens (including phenoxy) is 1. The van der Waals surface area contributed by atoms with Crippen molar-refractivity contribution >= 4 is 17.5 Å². The minimum absolute atomic E-state index is 0.0134. The van der Waals surface area contributed by atoms with Gasteiger partial charge in [-0.05, 0) is 55.7 Å². The van der Waals surface area contributed by atoms with E-state index in [0.717, 1.165) is 53.3 Å². The van der Waals surface area contributed by atoms with Crippen molar-refractivity contribution in [2.75, 3.05) is 25.1 Å².